The highest BCUT2D eigenvalue weighted by Gasteiger charge is 2.12. The number of aryl methyl sites for hydroxylation is 1. The molecule has 0 saturated heterocycles. The number of thioether (sulfide) groups is 1. The van der Waals surface area contributed by atoms with Gasteiger partial charge in [0.1, 0.15) is 0 Å². The van der Waals surface area contributed by atoms with Crippen molar-refractivity contribution in [2.24, 2.45) is 0 Å². The van der Waals surface area contributed by atoms with Crippen LogP contribution in [0.15, 0.2) is 35.6 Å². The minimum atomic E-state index is -0.291. The van der Waals surface area contributed by atoms with E-state index in [2.05, 4.69) is 15.3 Å². The van der Waals surface area contributed by atoms with E-state index in [1.165, 1.54) is 24.9 Å². The molecular weight excluding hydrogens is 286 g/mol. The fourth-order valence-corrected chi connectivity index (χ4v) is 2.17. The predicted octanol–water partition coefficient (Wildman–Crippen LogP) is 2.96. The summed E-state index contributed by atoms with van der Waals surface area (Å²) in [5.74, 6) is -0.337. The van der Waals surface area contributed by atoms with Crippen molar-refractivity contribution in [2.75, 3.05) is 11.6 Å². The molecule has 0 radical (unpaired) electrons. The zero-order chi connectivity index (χ0) is 15.4. The highest BCUT2D eigenvalue weighted by atomic mass is 32.2. The van der Waals surface area contributed by atoms with E-state index in [1.807, 2.05) is 6.26 Å². The van der Waals surface area contributed by atoms with Crippen molar-refractivity contribution >= 4 is 29.1 Å². The van der Waals surface area contributed by atoms with Gasteiger partial charge in [-0.15, -0.1) is 0 Å². The molecule has 1 N–H and O–H groups in total. The largest absolute Gasteiger partial charge is 0.322 e. The third kappa shape index (κ3) is 3.66. The molecule has 0 fully saturated rings. The third-order valence-electron chi connectivity index (χ3n) is 2.91. The smallest absolute Gasteiger partial charge is 0.259 e. The van der Waals surface area contributed by atoms with Crippen molar-refractivity contribution in [3.8, 4) is 0 Å². The molecule has 108 valence electrons. The lowest BCUT2D eigenvalue weighted by atomic mass is 10.1. The summed E-state index contributed by atoms with van der Waals surface area (Å²) in [6, 6.07) is 6.82. The SMILES string of the molecule is CSc1ncc(C(=O)Nc2cccc(C(C)=O)c2)c(C)n1. The number of hydrogen-bond acceptors (Lipinski definition) is 5. The summed E-state index contributed by atoms with van der Waals surface area (Å²) in [7, 11) is 0. The van der Waals surface area contributed by atoms with Gasteiger partial charge in [-0.2, -0.15) is 0 Å². The normalized spacial score (nSPS) is 10.2. The lowest BCUT2D eigenvalue weighted by Gasteiger charge is -2.08. The van der Waals surface area contributed by atoms with Crippen molar-refractivity contribution in [1.82, 2.24) is 9.97 Å². The van der Waals surface area contributed by atoms with Gasteiger partial charge in [0.2, 0.25) is 0 Å². The Hall–Kier alpha value is -2.21. The van der Waals surface area contributed by atoms with Crippen LogP contribution in [-0.4, -0.2) is 27.9 Å². The number of benzene rings is 1. The van der Waals surface area contributed by atoms with E-state index >= 15 is 0 Å². The number of amides is 1. The molecule has 0 bridgehead atoms. The van der Waals surface area contributed by atoms with Crippen LogP contribution in [0.25, 0.3) is 0 Å². The van der Waals surface area contributed by atoms with Crippen LogP contribution in [0.3, 0.4) is 0 Å². The van der Waals surface area contributed by atoms with Gasteiger partial charge in [-0.1, -0.05) is 23.9 Å². The fraction of sp³-hybridized carbons (Fsp3) is 0.200. The molecule has 6 heteroatoms. The van der Waals surface area contributed by atoms with Gasteiger partial charge in [-0.05, 0) is 32.2 Å². The molecule has 0 unspecified atom stereocenters. The molecule has 0 spiro atoms. The summed E-state index contributed by atoms with van der Waals surface area (Å²) in [5, 5.41) is 3.38. The molecule has 2 rings (SSSR count). The van der Waals surface area contributed by atoms with Crippen LogP contribution in [0.4, 0.5) is 5.69 Å². The first-order chi connectivity index (χ1) is 10.0. The Kier molecular flexibility index (Phi) is 4.70. The van der Waals surface area contributed by atoms with Gasteiger partial charge in [0.05, 0.1) is 11.3 Å². The Morgan fingerprint density at radius 1 is 1.29 bits per heavy atom. The summed E-state index contributed by atoms with van der Waals surface area (Å²) in [4.78, 5) is 31.9. The summed E-state index contributed by atoms with van der Waals surface area (Å²) in [6.45, 7) is 3.25. The first-order valence-corrected chi connectivity index (χ1v) is 7.53. The highest BCUT2D eigenvalue weighted by Crippen LogP contribution is 2.15. The Labute approximate surface area is 127 Å². The second-order valence-electron chi connectivity index (χ2n) is 4.45. The van der Waals surface area contributed by atoms with Crippen molar-refractivity contribution in [3.05, 3.63) is 47.3 Å². The van der Waals surface area contributed by atoms with Gasteiger partial charge < -0.3 is 5.32 Å². The fourth-order valence-electron chi connectivity index (χ4n) is 1.78. The highest BCUT2D eigenvalue weighted by molar-refractivity contribution is 7.98. The van der Waals surface area contributed by atoms with Gasteiger partial charge >= 0.3 is 0 Å². The number of carbonyl (C=O) groups excluding carboxylic acids is 2. The van der Waals surface area contributed by atoms with Crippen molar-refractivity contribution < 1.29 is 9.59 Å². The third-order valence-corrected chi connectivity index (χ3v) is 3.47. The maximum Gasteiger partial charge on any atom is 0.259 e. The lowest BCUT2D eigenvalue weighted by molar-refractivity contribution is 0.101. The zero-order valence-corrected chi connectivity index (χ0v) is 12.8. The Morgan fingerprint density at radius 2 is 2.05 bits per heavy atom. The Morgan fingerprint density at radius 3 is 2.67 bits per heavy atom. The van der Waals surface area contributed by atoms with Gasteiger partial charge in [-0.25, -0.2) is 9.97 Å². The van der Waals surface area contributed by atoms with Crippen LogP contribution >= 0.6 is 11.8 Å². The molecule has 0 saturated carbocycles. The maximum absolute atomic E-state index is 12.2. The number of carbonyl (C=O) groups is 2. The first-order valence-electron chi connectivity index (χ1n) is 6.31. The van der Waals surface area contributed by atoms with Gasteiger partial charge in [-0.3, -0.25) is 9.59 Å². The second-order valence-corrected chi connectivity index (χ2v) is 5.22. The molecule has 0 aliphatic heterocycles. The molecule has 2 aromatic rings. The molecule has 0 aliphatic rings. The molecular formula is C15H15N3O2S. The van der Waals surface area contributed by atoms with Crippen LogP contribution in [0.2, 0.25) is 0 Å². The molecule has 1 aromatic carbocycles. The van der Waals surface area contributed by atoms with Gasteiger partial charge in [0.25, 0.3) is 5.91 Å². The first kappa shape index (κ1) is 15.2. The van der Waals surface area contributed by atoms with Crippen LogP contribution in [-0.2, 0) is 0 Å². The minimum absolute atomic E-state index is 0.0464. The molecule has 1 amide bonds. The van der Waals surface area contributed by atoms with E-state index in [-0.39, 0.29) is 11.7 Å². The lowest BCUT2D eigenvalue weighted by Crippen LogP contribution is -2.15. The predicted molar refractivity (Wildman–Crippen MR) is 82.9 cm³/mol. The molecule has 1 aromatic heterocycles. The van der Waals surface area contributed by atoms with Gasteiger partial charge in [0.15, 0.2) is 10.9 Å². The van der Waals surface area contributed by atoms with Crippen LogP contribution in [0.5, 0.6) is 0 Å². The Balaban J connectivity index is 2.22. The Bertz CT molecular complexity index is 701. The summed E-state index contributed by atoms with van der Waals surface area (Å²) < 4.78 is 0. The zero-order valence-electron chi connectivity index (χ0n) is 12.0. The van der Waals surface area contributed by atoms with E-state index in [4.69, 9.17) is 0 Å². The topological polar surface area (TPSA) is 72.0 Å². The average Bonchev–Trinajstić information content (AvgIpc) is 2.47. The summed E-state index contributed by atoms with van der Waals surface area (Å²) in [5.41, 5.74) is 2.16. The number of nitrogens with zero attached hydrogens (tertiary/aromatic N) is 2. The molecule has 0 atom stereocenters. The number of aromatic nitrogens is 2. The quantitative estimate of drug-likeness (QED) is 0.534. The molecule has 1 heterocycles. The van der Waals surface area contributed by atoms with E-state index in [1.54, 1.807) is 31.2 Å². The molecule has 5 nitrogen and oxygen atoms in total. The number of Topliss-reactive ketones (excluding diaryl/α,β-unsaturated/α-hetero) is 1. The second kappa shape index (κ2) is 6.49. The van der Waals surface area contributed by atoms with E-state index in [0.717, 1.165) is 0 Å². The van der Waals surface area contributed by atoms with E-state index < -0.39 is 0 Å². The number of rotatable bonds is 4. The summed E-state index contributed by atoms with van der Waals surface area (Å²) >= 11 is 1.42. The van der Waals surface area contributed by atoms with E-state index in [0.29, 0.717) is 27.7 Å². The van der Waals surface area contributed by atoms with Crippen LogP contribution in [0, 0.1) is 6.92 Å². The molecule has 0 aliphatic carbocycles. The van der Waals surface area contributed by atoms with Crippen molar-refractivity contribution in [3.63, 3.8) is 0 Å². The summed E-state index contributed by atoms with van der Waals surface area (Å²) in [6.07, 6.45) is 3.39. The number of nitrogens with one attached hydrogen (secondary N) is 1. The van der Waals surface area contributed by atoms with Crippen molar-refractivity contribution in [2.45, 2.75) is 19.0 Å². The van der Waals surface area contributed by atoms with Crippen LogP contribution < -0.4 is 5.32 Å². The van der Waals surface area contributed by atoms with Crippen LogP contribution in [0.1, 0.15) is 33.3 Å². The van der Waals surface area contributed by atoms with Crippen molar-refractivity contribution in [1.29, 1.82) is 0 Å². The average molecular weight is 301 g/mol. The number of ketones is 1. The number of anilines is 1. The maximum atomic E-state index is 12.2. The number of hydrogen-bond donors (Lipinski definition) is 1. The monoisotopic (exact) mass is 301 g/mol. The van der Waals surface area contributed by atoms with Gasteiger partial charge in [0, 0.05) is 17.4 Å². The van der Waals surface area contributed by atoms with E-state index in [9.17, 15) is 9.59 Å². The minimum Gasteiger partial charge on any atom is -0.322 e. The standard InChI is InChI=1S/C15H15N3O2S/c1-9-13(8-16-15(17-9)21-3)14(20)18-12-6-4-5-11(7-12)10(2)19/h4-8H,1-3H3,(H,18,20). The molecule has 21 heavy (non-hydrogen) atoms.